The van der Waals surface area contributed by atoms with Gasteiger partial charge in [-0.25, -0.2) is 9.59 Å². The minimum Gasteiger partial charge on any atom is -0.466 e. The largest absolute Gasteiger partial charge is 0.466 e. The lowest BCUT2D eigenvalue weighted by Gasteiger charge is -2.36. The Balaban J connectivity index is 2.01. The predicted molar refractivity (Wildman–Crippen MR) is 132 cm³/mol. The van der Waals surface area contributed by atoms with E-state index in [9.17, 15) is 19.6 Å². The summed E-state index contributed by atoms with van der Waals surface area (Å²) < 4.78 is 10.1. The molecule has 1 atom stereocenters. The average Bonchev–Trinajstić information content (AvgIpc) is 3.33. The highest BCUT2D eigenvalue weighted by atomic mass is 16.5. The van der Waals surface area contributed by atoms with Crippen LogP contribution in [0.5, 0.6) is 0 Å². The maximum absolute atomic E-state index is 13.2. The number of benzene rings is 2. The van der Waals surface area contributed by atoms with Gasteiger partial charge in [-0.15, -0.1) is 0 Å². The van der Waals surface area contributed by atoms with E-state index >= 15 is 0 Å². The molecule has 2 N–H and O–H groups in total. The van der Waals surface area contributed by atoms with Crippen molar-refractivity contribution in [2.75, 3.05) is 30.6 Å². The molecule has 0 aromatic heterocycles. The van der Waals surface area contributed by atoms with Crippen molar-refractivity contribution in [2.45, 2.75) is 25.7 Å². The average molecular weight is 487 g/mol. The molecule has 184 valence electrons. The molecule has 36 heavy (non-hydrogen) atoms. The molecule has 9 nitrogen and oxygen atoms in total. The van der Waals surface area contributed by atoms with E-state index in [1.165, 1.54) is 19.1 Å². The molecule has 2 aliphatic rings. The van der Waals surface area contributed by atoms with E-state index in [0.29, 0.717) is 29.9 Å². The number of carbonyl (C=O) groups is 3. The number of nitriles is 1. The van der Waals surface area contributed by atoms with Crippen molar-refractivity contribution >= 4 is 29.2 Å². The van der Waals surface area contributed by atoms with Crippen molar-refractivity contribution in [1.29, 1.82) is 5.26 Å². The van der Waals surface area contributed by atoms with Crippen LogP contribution >= 0.6 is 0 Å². The van der Waals surface area contributed by atoms with Crippen LogP contribution in [0.25, 0.3) is 0 Å². The van der Waals surface area contributed by atoms with Crippen LogP contribution in [0.15, 0.2) is 71.2 Å². The summed E-state index contributed by atoms with van der Waals surface area (Å²) in [4.78, 5) is 41.8. The highest BCUT2D eigenvalue weighted by Gasteiger charge is 2.43. The molecule has 0 saturated carbocycles. The summed E-state index contributed by atoms with van der Waals surface area (Å²) in [5.74, 6) is -2.59. The minimum absolute atomic E-state index is 0.00162. The molecule has 1 saturated heterocycles. The van der Waals surface area contributed by atoms with E-state index < -0.39 is 17.9 Å². The Morgan fingerprint density at radius 2 is 1.78 bits per heavy atom. The van der Waals surface area contributed by atoms with Gasteiger partial charge in [0.1, 0.15) is 11.5 Å². The zero-order chi connectivity index (χ0) is 26.0. The molecular formula is C27H26N4O5. The van der Waals surface area contributed by atoms with Crippen LogP contribution < -0.4 is 15.5 Å². The standard InChI is InChI=1S/C27H26N4O5/c1-16-11-12-18(14-20(16)30-13-7-10-21(30)32)31-24(27(34)36-3)23(26(33)35-2)22(19(15-28)25(31)29)17-8-5-4-6-9-17/h4-6,8-9,11-12,14,22H,7,10,13,29H2,1-3H3. The minimum atomic E-state index is -0.945. The van der Waals surface area contributed by atoms with Crippen molar-refractivity contribution in [2.24, 2.45) is 5.73 Å². The Hall–Kier alpha value is -4.58. The summed E-state index contributed by atoms with van der Waals surface area (Å²) in [6, 6.07) is 16.2. The quantitative estimate of drug-likeness (QED) is 0.639. The number of anilines is 2. The summed E-state index contributed by atoms with van der Waals surface area (Å²) in [6.07, 6.45) is 1.19. The summed E-state index contributed by atoms with van der Waals surface area (Å²) in [5.41, 5.74) is 8.91. The number of amides is 1. The number of carbonyl (C=O) groups excluding carboxylic acids is 3. The van der Waals surface area contributed by atoms with E-state index in [4.69, 9.17) is 15.2 Å². The molecule has 9 heteroatoms. The maximum atomic E-state index is 13.2. The van der Waals surface area contributed by atoms with Crippen molar-refractivity contribution in [3.8, 4) is 6.07 Å². The Labute approximate surface area is 209 Å². The van der Waals surface area contributed by atoms with Gasteiger partial charge in [-0.2, -0.15) is 5.26 Å². The lowest BCUT2D eigenvalue weighted by molar-refractivity contribution is -0.139. The number of aryl methyl sites for hydroxylation is 1. The molecule has 0 spiro atoms. The van der Waals surface area contributed by atoms with Gasteiger partial charge in [-0.3, -0.25) is 9.69 Å². The van der Waals surface area contributed by atoms with Gasteiger partial charge in [0, 0.05) is 24.3 Å². The summed E-state index contributed by atoms with van der Waals surface area (Å²) in [6.45, 7) is 2.45. The molecule has 2 heterocycles. The second-order valence-electron chi connectivity index (χ2n) is 8.45. The van der Waals surface area contributed by atoms with E-state index in [-0.39, 0.29) is 28.6 Å². The Kier molecular flexibility index (Phi) is 6.79. The molecular weight excluding hydrogens is 460 g/mol. The van der Waals surface area contributed by atoms with Crippen LogP contribution in [-0.4, -0.2) is 38.6 Å². The van der Waals surface area contributed by atoms with Crippen molar-refractivity contribution in [3.05, 3.63) is 82.3 Å². The van der Waals surface area contributed by atoms with Crippen LogP contribution in [0.2, 0.25) is 0 Å². The third kappa shape index (κ3) is 4.07. The first kappa shape index (κ1) is 24.5. The van der Waals surface area contributed by atoms with E-state index in [1.54, 1.807) is 53.4 Å². The van der Waals surface area contributed by atoms with E-state index in [0.717, 1.165) is 12.0 Å². The van der Waals surface area contributed by atoms with E-state index in [2.05, 4.69) is 6.07 Å². The van der Waals surface area contributed by atoms with Crippen molar-refractivity contribution < 1.29 is 23.9 Å². The number of esters is 2. The fourth-order valence-electron chi connectivity index (χ4n) is 4.71. The first-order valence-corrected chi connectivity index (χ1v) is 11.4. The second-order valence-corrected chi connectivity index (χ2v) is 8.45. The molecule has 0 bridgehead atoms. The lowest BCUT2D eigenvalue weighted by atomic mass is 9.81. The van der Waals surface area contributed by atoms with E-state index in [1.807, 2.05) is 6.92 Å². The first-order chi connectivity index (χ1) is 17.3. The second kappa shape index (κ2) is 9.96. The monoisotopic (exact) mass is 486 g/mol. The summed E-state index contributed by atoms with van der Waals surface area (Å²) >= 11 is 0. The van der Waals surface area contributed by atoms with Gasteiger partial charge in [0.05, 0.1) is 37.4 Å². The lowest BCUT2D eigenvalue weighted by Crippen LogP contribution is -2.40. The third-order valence-electron chi connectivity index (χ3n) is 6.43. The number of allylic oxidation sites excluding steroid dienone is 1. The number of ether oxygens (including phenoxy) is 2. The fourth-order valence-corrected chi connectivity index (χ4v) is 4.71. The molecule has 1 amide bonds. The zero-order valence-electron chi connectivity index (χ0n) is 20.3. The highest BCUT2D eigenvalue weighted by Crippen LogP contribution is 2.44. The highest BCUT2D eigenvalue weighted by molar-refractivity contribution is 6.06. The van der Waals surface area contributed by atoms with Crippen LogP contribution in [0, 0.1) is 18.3 Å². The van der Waals surface area contributed by atoms with Gasteiger partial charge in [0.15, 0.2) is 0 Å². The normalized spacial score (nSPS) is 17.8. The molecule has 2 aromatic rings. The number of nitrogens with two attached hydrogens (primary N) is 1. The number of nitrogens with zero attached hydrogens (tertiary/aromatic N) is 3. The predicted octanol–water partition coefficient (Wildman–Crippen LogP) is 3.02. The Morgan fingerprint density at radius 1 is 1.08 bits per heavy atom. The molecule has 1 unspecified atom stereocenters. The van der Waals surface area contributed by atoms with Crippen LogP contribution in [-0.2, 0) is 23.9 Å². The summed E-state index contributed by atoms with van der Waals surface area (Å²) in [7, 11) is 2.40. The fraction of sp³-hybridized carbons (Fsp3) is 0.259. The molecule has 4 rings (SSSR count). The molecule has 0 aliphatic carbocycles. The number of hydrogen-bond donors (Lipinski definition) is 1. The number of hydrogen-bond acceptors (Lipinski definition) is 8. The Morgan fingerprint density at radius 3 is 2.36 bits per heavy atom. The van der Waals surface area contributed by atoms with Crippen LogP contribution in [0.4, 0.5) is 11.4 Å². The molecule has 1 fully saturated rings. The van der Waals surface area contributed by atoms with Gasteiger partial charge < -0.3 is 20.1 Å². The zero-order valence-corrected chi connectivity index (χ0v) is 20.3. The third-order valence-corrected chi connectivity index (χ3v) is 6.43. The molecule has 2 aromatic carbocycles. The smallest absolute Gasteiger partial charge is 0.355 e. The topological polar surface area (TPSA) is 126 Å². The summed E-state index contributed by atoms with van der Waals surface area (Å²) in [5, 5.41) is 10.2. The molecule has 0 radical (unpaired) electrons. The van der Waals surface area contributed by atoms with Crippen LogP contribution in [0.1, 0.15) is 29.9 Å². The van der Waals surface area contributed by atoms with Gasteiger partial charge in [-0.1, -0.05) is 36.4 Å². The first-order valence-electron chi connectivity index (χ1n) is 11.4. The van der Waals surface area contributed by atoms with Gasteiger partial charge >= 0.3 is 11.9 Å². The van der Waals surface area contributed by atoms with Crippen molar-refractivity contribution in [3.63, 3.8) is 0 Å². The SMILES string of the molecule is COC(=O)C1=C(C(=O)OC)N(c2ccc(C)c(N3CCCC3=O)c2)C(N)=C(C#N)C1c1ccccc1. The van der Waals surface area contributed by atoms with Gasteiger partial charge in [0.2, 0.25) is 5.91 Å². The Bertz CT molecular complexity index is 1340. The van der Waals surface area contributed by atoms with Crippen molar-refractivity contribution in [1.82, 2.24) is 0 Å². The number of methoxy groups -OCH3 is 2. The van der Waals surface area contributed by atoms with Gasteiger partial charge in [0.25, 0.3) is 0 Å². The van der Waals surface area contributed by atoms with Crippen LogP contribution in [0.3, 0.4) is 0 Å². The maximum Gasteiger partial charge on any atom is 0.355 e. The van der Waals surface area contributed by atoms with Gasteiger partial charge in [-0.05, 0) is 36.6 Å². The number of rotatable bonds is 5. The molecule has 2 aliphatic heterocycles.